The van der Waals surface area contributed by atoms with Gasteiger partial charge < -0.3 is 14.2 Å². The van der Waals surface area contributed by atoms with Crippen LogP contribution < -0.4 is 0 Å². The Kier molecular flexibility index (Phi) is 7.74. The highest BCUT2D eigenvalue weighted by molar-refractivity contribution is 6.01. The summed E-state index contributed by atoms with van der Waals surface area (Å²) in [6, 6.07) is 0. The quantitative estimate of drug-likeness (QED) is 0.340. The third-order valence-corrected chi connectivity index (χ3v) is 6.45. The van der Waals surface area contributed by atoms with Gasteiger partial charge in [-0.2, -0.15) is 5.06 Å². The van der Waals surface area contributed by atoms with Crippen molar-refractivity contribution < 1.29 is 28.6 Å². The van der Waals surface area contributed by atoms with E-state index in [2.05, 4.69) is 27.7 Å². The number of ether oxygens (including phenoxy) is 3. The number of nitrogens with zero attached hydrogens (tertiary/aromatic N) is 1. The maximum Gasteiger partial charge on any atom is 0.323 e. The van der Waals surface area contributed by atoms with Crippen molar-refractivity contribution in [3.05, 3.63) is 0 Å². The van der Waals surface area contributed by atoms with Gasteiger partial charge in [0.25, 0.3) is 0 Å². The van der Waals surface area contributed by atoms with Crippen molar-refractivity contribution in [1.29, 1.82) is 0 Å². The minimum atomic E-state index is -1.39. The Morgan fingerprint density at radius 1 is 0.931 bits per heavy atom. The van der Waals surface area contributed by atoms with Crippen molar-refractivity contribution in [2.24, 2.45) is 11.3 Å². The molecule has 1 aliphatic carbocycles. The Labute approximate surface area is 175 Å². The zero-order valence-corrected chi connectivity index (χ0v) is 19.2. The van der Waals surface area contributed by atoms with Gasteiger partial charge in [-0.25, -0.2) is 0 Å². The van der Waals surface area contributed by atoms with E-state index < -0.39 is 29.6 Å². The van der Waals surface area contributed by atoms with Crippen molar-refractivity contribution in [2.45, 2.75) is 97.4 Å². The first kappa shape index (κ1) is 24.1. The van der Waals surface area contributed by atoms with Crippen LogP contribution in [0.4, 0.5) is 0 Å². The van der Waals surface area contributed by atoms with E-state index in [4.69, 9.17) is 19.0 Å². The Morgan fingerprint density at radius 2 is 1.45 bits per heavy atom. The van der Waals surface area contributed by atoms with E-state index in [1.165, 1.54) is 0 Å². The number of carbonyl (C=O) groups is 2. The smallest absolute Gasteiger partial charge is 0.323 e. The van der Waals surface area contributed by atoms with Gasteiger partial charge in [0, 0.05) is 24.1 Å². The van der Waals surface area contributed by atoms with Crippen LogP contribution in [-0.2, 0) is 28.6 Å². The molecule has 7 nitrogen and oxygen atoms in total. The first-order chi connectivity index (χ1) is 13.6. The van der Waals surface area contributed by atoms with Crippen molar-refractivity contribution >= 4 is 11.9 Å². The number of carbonyl (C=O) groups excluding carboxylic acids is 2. The molecule has 0 bridgehead atoms. The van der Waals surface area contributed by atoms with Crippen LogP contribution in [0.25, 0.3) is 0 Å². The molecule has 0 amide bonds. The van der Waals surface area contributed by atoms with E-state index >= 15 is 0 Å². The summed E-state index contributed by atoms with van der Waals surface area (Å²) in [7, 11) is 1.56. The zero-order chi connectivity index (χ0) is 21.9. The van der Waals surface area contributed by atoms with Crippen LogP contribution in [0.1, 0.15) is 80.1 Å². The van der Waals surface area contributed by atoms with E-state index in [0.29, 0.717) is 19.3 Å². The second-order valence-electron chi connectivity index (χ2n) is 9.39. The lowest BCUT2D eigenvalue weighted by Crippen LogP contribution is -2.61. The average molecular weight is 414 g/mol. The lowest BCUT2D eigenvalue weighted by molar-refractivity contribution is -0.363. The molecule has 0 aromatic rings. The van der Waals surface area contributed by atoms with Gasteiger partial charge in [-0.05, 0) is 73.6 Å². The topological polar surface area (TPSA) is 74.3 Å². The van der Waals surface area contributed by atoms with Gasteiger partial charge in [-0.3, -0.25) is 14.4 Å². The van der Waals surface area contributed by atoms with Gasteiger partial charge in [0.2, 0.25) is 0 Å². The van der Waals surface area contributed by atoms with Crippen LogP contribution in [0.15, 0.2) is 0 Å². The molecule has 2 aliphatic rings. The first-order valence-electron chi connectivity index (χ1n) is 10.9. The summed E-state index contributed by atoms with van der Waals surface area (Å²) in [5, 5.41) is 2.01. The highest BCUT2D eigenvalue weighted by atomic mass is 16.8. The highest BCUT2D eigenvalue weighted by Crippen LogP contribution is 2.49. The Bertz CT molecular complexity index is 554. The Morgan fingerprint density at radius 3 is 1.90 bits per heavy atom. The fourth-order valence-electron chi connectivity index (χ4n) is 5.16. The van der Waals surface area contributed by atoms with Crippen molar-refractivity contribution in [3.63, 3.8) is 0 Å². The van der Waals surface area contributed by atoms with E-state index in [-0.39, 0.29) is 24.3 Å². The summed E-state index contributed by atoms with van der Waals surface area (Å²) < 4.78 is 16.4. The molecule has 1 saturated heterocycles. The number of hydroxylamine groups is 2. The average Bonchev–Trinajstić information content (AvgIpc) is 3.07. The molecule has 1 saturated carbocycles. The summed E-state index contributed by atoms with van der Waals surface area (Å²) in [5.74, 6) is -1.55. The number of hydrogen-bond donors (Lipinski definition) is 0. The normalized spacial score (nSPS) is 26.7. The summed E-state index contributed by atoms with van der Waals surface area (Å²) in [6.07, 6.45) is 4.09. The molecule has 0 spiro atoms. The molecule has 168 valence electrons. The van der Waals surface area contributed by atoms with Gasteiger partial charge >= 0.3 is 11.9 Å². The third kappa shape index (κ3) is 4.62. The molecule has 2 unspecified atom stereocenters. The molecule has 2 fully saturated rings. The minimum absolute atomic E-state index is 0.187. The highest BCUT2D eigenvalue weighted by Gasteiger charge is 2.61. The fraction of sp³-hybridized carbons (Fsp3) is 0.909. The van der Waals surface area contributed by atoms with Crippen LogP contribution in [0.3, 0.4) is 0 Å². The molecular weight excluding hydrogens is 374 g/mol. The lowest BCUT2D eigenvalue weighted by Gasteiger charge is -2.53. The molecule has 0 radical (unpaired) electrons. The molecule has 2 rings (SSSR count). The molecule has 29 heavy (non-hydrogen) atoms. The van der Waals surface area contributed by atoms with E-state index in [1.54, 1.807) is 21.0 Å². The van der Waals surface area contributed by atoms with Crippen molar-refractivity contribution in [1.82, 2.24) is 5.06 Å². The number of piperidine rings is 1. The van der Waals surface area contributed by atoms with Crippen molar-refractivity contribution in [2.75, 3.05) is 20.3 Å². The van der Waals surface area contributed by atoms with Crippen LogP contribution in [0.2, 0.25) is 0 Å². The SMILES string of the molecule is CCOC(=O)C1(C(=O)OCC)CCCC1C(OC)ON1C(C)(C)CCCC1(C)C. The van der Waals surface area contributed by atoms with Crippen molar-refractivity contribution in [3.8, 4) is 0 Å². The fourth-order valence-corrected chi connectivity index (χ4v) is 5.16. The maximum absolute atomic E-state index is 13.0. The van der Waals surface area contributed by atoms with Crippen LogP contribution in [0.5, 0.6) is 0 Å². The largest absolute Gasteiger partial charge is 0.465 e. The lowest BCUT2D eigenvalue weighted by atomic mass is 9.77. The van der Waals surface area contributed by atoms with E-state index in [1.807, 2.05) is 5.06 Å². The number of rotatable bonds is 8. The standard InChI is InChI=1S/C22H39NO6/c1-8-27-18(24)22(19(25)28-9-2)15-10-12-16(22)17(26-7)29-23-20(3,4)13-11-14-21(23,5)6/h16-17H,8-15H2,1-7H3. The van der Waals surface area contributed by atoms with Gasteiger partial charge in [0.15, 0.2) is 11.7 Å². The summed E-state index contributed by atoms with van der Waals surface area (Å²) in [4.78, 5) is 32.5. The van der Waals surface area contributed by atoms with Gasteiger partial charge in [0.05, 0.1) is 13.2 Å². The molecule has 2 atom stereocenters. The van der Waals surface area contributed by atoms with Crippen LogP contribution in [-0.4, -0.2) is 54.7 Å². The maximum atomic E-state index is 13.0. The van der Waals surface area contributed by atoms with Crippen LogP contribution in [0, 0.1) is 11.3 Å². The minimum Gasteiger partial charge on any atom is -0.465 e. The molecule has 0 aromatic carbocycles. The van der Waals surface area contributed by atoms with Gasteiger partial charge in [0.1, 0.15) is 0 Å². The molecular formula is C22H39NO6. The molecule has 1 heterocycles. The number of methoxy groups -OCH3 is 1. The number of hydrogen-bond acceptors (Lipinski definition) is 7. The summed E-state index contributed by atoms with van der Waals surface area (Å²) >= 11 is 0. The second kappa shape index (κ2) is 9.31. The summed E-state index contributed by atoms with van der Waals surface area (Å²) in [5.41, 5.74) is -1.77. The van der Waals surface area contributed by atoms with E-state index in [0.717, 1.165) is 19.3 Å². The molecule has 0 N–H and O–H groups in total. The predicted octanol–water partition coefficient (Wildman–Crippen LogP) is 3.85. The third-order valence-electron chi connectivity index (χ3n) is 6.45. The second-order valence-corrected chi connectivity index (χ2v) is 9.39. The Hall–Kier alpha value is -1.18. The molecule has 0 aromatic heterocycles. The van der Waals surface area contributed by atoms with Gasteiger partial charge in [-0.15, -0.1) is 0 Å². The monoisotopic (exact) mass is 413 g/mol. The zero-order valence-electron chi connectivity index (χ0n) is 19.2. The van der Waals surface area contributed by atoms with Crippen LogP contribution >= 0.6 is 0 Å². The van der Waals surface area contributed by atoms with Gasteiger partial charge in [-0.1, -0.05) is 6.42 Å². The summed E-state index contributed by atoms with van der Waals surface area (Å²) in [6.45, 7) is 12.5. The number of esters is 2. The predicted molar refractivity (Wildman–Crippen MR) is 109 cm³/mol. The Balaban J connectivity index is 2.38. The first-order valence-corrected chi connectivity index (χ1v) is 10.9. The molecule has 1 aliphatic heterocycles. The van der Waals surface area contributed by atoms with E-state index in [9.17, 15) is 9.59 Å². The molecule has 7 heteroatoms.